The van der Waals surface area contributed by atoms with Gasteiger partial charge in [0.1, 0.15) is 0 Å². The Bertz CT molecular complexity index is 127. The number of thiol groups is 1. The Morgan fingerprint density at radius 1 is 1.18 bits per heavy atom. The molecule has 1 heterocycles. The van der Waals surface area contributed by atoms with Crippen molar-refractivity contribution >= 4 is 76.1 Å². The van der Waals surface area contributed by atoms with Crippen molar-refractivity contribution in [3.63, 3.8) is 0 Å². The van der Waals surface area contributed by atoms with Crippen molar-refractivity contribution in [2.24, 2.45) is 0 Å². The van der Waals surface area contributed by atoms with Gasteiger partial charge in [0.25, 0.3) is 0 Å². The van der Waals surface area contributed by atoms with Gasteiger partial charge in [-0.25, -0.2) is 0 Å². The van der Waals surface area contributed by atoms with Crippen molar-refractivity contribution in [2.45, 2.75) is 4.58 Å². The molecule has 0 radical (unpaired) electrons. The SMILES string of the molecule is S=C(S)C1SCSCSCS1. The third kappa shape index (κ3) is 4.57. The molecule has 0 saturated carbocycles. The van der Waals surface area contributed by atoms with Crippen LogP contribution in [-0.4, -0.2) is 24.0 Å². The fourth-order valence-corrected chi connectivity index (χ4v) is 7.06. The molecule has 0 nitrogen and oxygen atoms in total. The van der Waals surface area contributed by atoms with Gasteiger partial charge in [-0.3, -0.25) is 0 Å². The standard InChI is InChI=1S/C5H8S6/c6-4(7)5-10-2-8-1-9-3-11-5/h5H,1-3H2,(H,6,7). The highest BCUT2D eigenvalue weighted by molar-refractivity contribution is 8.34. The Morgan fingerprint density at radius 3 is 2.18 bits per heavy atom. The number of hydrogen-bond acceptors (Lipinski definition) is 5. The second kappa shape index (κ2) is 6.32. The van der Waals surface area contributed by atoms with Crippen LogP contribution in [0.3, 0.4) is 0 Å². The Morgan fingerprint density at radius 2 is 1.73 bits per heavy atom. The molecule has 64 valence electrons. The van der Waals surface area contributed by atoms with Crippen LogP contribution in [0.1, 0.15) is 0 Å². The summed E-state index contributed by atoms with van der Waals surface area (Å²) in [5.41, 5.74) is 0. The van der Waals surface area contributed by atoms with Crippen LogP contribution >= 0.6 is 71.9 Å². The minimum Gasteiger partial charge on any atom is -0.140 e. The number of hydrogen-bond donors (Lipinski definition) is 1. The van der Waals surface area contributed by atoms with Crippen molar-refractivity contribution < 1.29 is 0 Å². The predicted octanol–water partition coefficient (Wildman–Crippen LogP) is 3.39. The molecule has 1 rings (SSSR count). The minimum absolute atomic E-state index is 0.425. The van der Waals surface area contributed by atoms with E-state index in [4.69, 9.17) is 12.2 Å². The summed E-state index contributed by atoms with van der Waals surface area (Å²) in [5, 5.41) is 3.50. The molecule has 0 atom stereocenters. The molecule has 0 aromatic heterocycles. The summed E-state index contributed by atoms with van der Waals surface area (Å²) in [6.45, 7) is 0. The minimum atomic E-state index is 0.425. The molecule has 0 spiro atoms. The summed E-state index contributed by atoms with van der Waals surface area (Å²) in [7, 11) is 0. The van der Waals surface area contributed by atoms with Gasteiger partial charge in [0.05, 0.1) is 8.78 Å². The molecule has 0 bridgehead atoms. The third-order valence-electron chi connectivity index (χ3n) is 0.974. The van der Waals surface area contributed by atoms with E-state index in [0.717, 1.165) is 14.4 Å². The van der Waals surface area contributed by atoms with E-state index in [1.807, 2.05) is 47.0 Å². The first-order chi connectivity index (χ1) is 5.30. The fraction of sp³-hybridized carbons (Fsp3) is 0.800. The van der Waals surface area contributed by atoms with Crippen LogP contribution in [0.5, 0.6) is 0 Å². The lowest BCUT2D eigenvalue weighted by molar-refractivity contribution is 1.88. The van der Waals surface area contributed by atoms with E-state index in [1.54, 1.807) is 0 Å². The Balaban J connectivity index is 2.32. The fourth-order valence-electron chi connectivity index (χ4n) is 0.537. The van der Waals surface area contributed by atoms with Crippen LogP contribution in [0.2, 0.25) is 0 Å². The van der Waals surface area contributed by atoms with Crippen LogP contribution in [0.25, 0.3) is 0 Å². The van der Waals surface area contributed by atoms with Crippen LogP contribution in [0.15, 0.2) is 0 Å². The van der Waals surface area contributed by atoms with Crippen molar-refractivity contribution in [2.75, 3.05) is 15.3 Å². The molecule has 1 aliphatic rings. The van der Waals surface area contributed by atoms with Crippen molar-refractivity contribution in [3.05, 3.63) is 0 Å². The van der Waals surface area contributed by atoms with Crippen molar-refractivity contribution in [3.8, 4) is 0 Å². The molecule has 6 heteroatoms. The average Bonchev–Trinajstić information content (AvgIpc) is 1.84. The number of thiocarbonyl (C=S) groups is 1. The van der Waals surface area contributed by atoms with E-state index in [2.05, 4.69) is 12.6 Å². The first-order valence-electron chi connectivity index (χ1n) is 2.92. The molecular weight excluding hydrogens is 252 g/mol. The molecule has 0 aliphatic carbocycles. The molecule has 0 unspecified atom stereocenters. The quantitative estimate of drug-likeness (QED) is 0.565. The van der Waals surface area contributed by atoms with Crippen molar-refractivity contribution in [1.29, 1.82) is 0 Å². The summed E-state index contributed by atoms with van der Waals surface area (Å²) >= 11 is 17.0. The lowest BCUT2D eigenvalue weighted by Gasteiger charge is -2.16. The molecule has 0 aromatic rings. The maximum Gasteiger partial charge on any atom is 0.0926 e. The highest BCUT2D eigenvalue weighted by Gasteiger charge is 2.14. The Hall–Kier alpha value is 1.84. The first-order valence-corrected chi connectivity index (χ1v) is 8.18. The number of rotatable bonds is 1. The van der Waals surface area contributed by atoms with E-state index < -0.39 is 0 Å². The summed E-state index contributed by atoms with van der Waals surface area (Å²) in [4.78, 5) is 0. The van der Waals surface area contributed by atoms with Crippen LogP contribution in [-0.2, 0) is 0 Å². The molecule has 1 fully saturated rings. The zero-order valence-electron chi connectivity index (χ0n) is 5.69. The number of thioether (sulfide) groups is 4. The molecule has 1 aliphatic heterocycles. The average molecular weight is 261 g/mol. The molecule has 0 aromatic carbocycles. The lowest BCUT2D eigenvalue weighted by atomic mass is 10.9. The second-order valence-electron chi connectivity index (χ2n) is 1.77. The zero-order chi connectivity index (χ0) is 8.10. The van der Waals surface area contributed by atoms with Gasteiger partial charge in [0, 0.05) is 15.3 Å². The Kier molecular flexibility index (Phi) is 6.27. The summed E-state index contributed by atoms with van der Waals surface area (Å²) in [5.74, 6) is 0. The van der Waals surface area contributed by atoms with Gasteiger partial charge >= 0.3 is 0 Å². The van der Waals surface area contributed by atoms with Gasteiger partial charge in [-0.2, -0.15) is 0 Å². The summed E-state index contributed by atoms with van der Waals surface area (Å²) < 4.78 is 1.26. The maximum absolute atomic E-state index is 5.02. The van der Waals surface area contributed by atoms with E-state index >= 15 is 0 Å². The van der Waals surface area contributed by atoms with Gasteiger partial charge < -0.3 is 0 Å². The van der Waals surface area contributed by atoms with Gasteiger partial charge in [-0.05, 0) is 0 Å². The normalized spacial score (nSPS) is 22.3. The highest BCUT2D eigenvalue weighted by atomic mass is 32.3. The van der Waals surface area contributed by atoms with Crippen LogP contribution < -0.4 is 0 Å². The van der Waals surface area contributed by atoms with E-state index in [-0.39, 0.29) is 0 Å². The molecule has 0 N–H and O–H groups in total. The monoisotopic (exact) mass is 260 g/mol. The molecular formula is C5H8S6. The molecule has 1 saturated heterocycles. The largest absolute Gasteiger partial charge is 0.140 e. The molecule has 11 heavy (non-hydrogen) atoms. The van der Waals surface area contributed by atoms with E-state index in [0.29, 0.717) is 4.58 Å². The van der Waals surface area contributed by atoms with E-state index in [9.17, 15) is 0 Å². The van der Waals surface area contributed by atoms with Gasteiger partial charge in [0.15, 0.2) is 0 Å². The summed E-state index contributed by atoms with van der Waals surface area (Å²) in [6, 6.07) is 0. The maximum atomic E-state index is 5.02. The van der Waals surface area contributed by atoms with Crippen LogP contribution in [0.4, 0.5) is 0 Å². The van der Waals surface area contributed by atoms with Gasteiger partial charge in [0.2, 0.25) is 0 Å². The van der Waals surface area contributed by atoms with Crippen LogP contribution in [0, 0.1) is 0 Å². The van der Waals surface area contributed by atoms with E-state index in [1.165, 1.54) is 5.08 Å². The summed E-state index contributed by atoms with van der Waals surface area (Å²) in [6.07, 6.45) is 0. The third-order valence-corrected chi connectivity index (χ3v) is 7.76. The first kappa shape index (κ1) is 10.9. The highest BCUT2D eigenvalue weighted by Crippen LogP contribution is 2.35. The molecule has 0 amide bonds. The topological polar surface area (TPSA) is 0 Å². The smallest absolute Gasteiger partial charge is 0.0926 e. The second-order valence-corrected chi connectivity index (χ2v) is 8.54. The zero-order valence-corrected chi connectivity index (χ0v) is 10.7. The Labute approximate surface area is 95.2 Å². The lowest BCUT2D eigenvalue weighted by Crippen LogP contribution is -2.06. The predicted molar refractivity (Wildman–Crippen MR) is 70.3 cm³/mol. The van der Waals surface area contributed by atoms with Gasteiger partial charge in [-0.1, -0.05) is 12.2 Å². The van der Waals surface area contributed by atoms with Crippen molar-refractivity contribution in [1.82, 2.24) is 0 Å². The van der Waals surface area contributed by atoms with Gasteiger partial charge in [-0.15, -0.1) is 59.7 Å².